The van der Waals surface area contributed by atoms with Crippen LogP contribution in [0.25, 0.3) is 0 Å². The lowest BCUT2D eigenvalue weighted by Gasteiger charge is -2.32. The van der Waals surface area contributed by atoms with Gasteiger partial charge in [0.05, 0.1) is 25.5 Å². The van der Waals surface area contributed by atoms with Gasteiger partial charge >= 0.3 is 0 Å². The summed E-state index contributed by atoms with van der Waals surface area (Å²) in [4.78, 5) is 9.39. The van der Waals surface area contributed by atoms with E-state index in [2.05, 4.69) is 53.4 Å². The van der Waals surface area contributed by atoms with E-state index < -0.39 is 0 Å². The zero-order valence-corrected chi connectivity index (χ0v) is 19.7. The normalized spacial score (nSPS) is 15.4. The molecule has 2 heterocycles. The maximum atomic E-state index is 9.76. The van der Waals surface area contributed by atoms with Crippen molar-refractivity contribution in [3.05, 3.63) is 59.5 Å². The number of furan rings is 1. The second kappa shape index (κ2) is 12.2. The van der Waals surface area contributed by atoms with Crippen LogP contribution in [0.1, 0.15) is 36.7 Å². The number of aliphatic hydroxyl groups excluding tert-OH is 1. The van der Waals surface area contributed by atoms with Crippen LogP contribution in [0, 0.1) is 0 Å². The number of nitrogens with zero attached hydrogens (tertiary/aromatic N) is 3. The van der Waals surface area contributed by atoms with Gasteiger partial charge in [-0.3, -0.25) is 4.90 Å². The van der Waals surface area contributed by atoms with Gasteiger partial charge in [-0.25, -0.2) is 4.99 Å². The summed E-state index contributed by atoms with van der Waals surface area (Å²) < 4.78 is 5.46. The number of halogens is 1. The van der Waals surface area contributed by atoms with E-state index in [1.807, 2.05) is 12.1 Å². The van der Waals surface area contributed by atoms with Gasteiger partial charge in [0, 0.05) is 26.2 Å². The number of aliphatic imine (C=N–C) groups is 1. The Morgan fingerprint density at radius 1 is 1.17 bits per heavy atom. The van der Waals surface area contributed by atoms with Crippen molar-refractivity contribution in [3.8, 4) is 0 Å². The van der Waals surface area contributed by atoms with Gasteiger partial charge in [0.2, 0.25) is 0 Å². The molecule has 0 bridgehead atoms. The van der Waals surface area contributed by atoms with Crippen molar-refractivity contribution in [2.75, 3.05) is 26.7 Å². The summed E-state index contributed by atoms with van der Waals surface area (Å²) in [5, 5.41) is 13.2. The first-order chi connectivity index (χ1) is 13.7. The summed E-state index contributed by atoms with van der Waals surface area (Å²) in [7, 11) is 2.10. The van der Waals surface area contributed by atoms with Crippen molar-refractivity contribution >= 4 is 29.9 Å². The lowest BCUT2D eigenvalue weighted by molar-refractivity contribution is 0.108. The van der Waals surface area contributed by atoms with Crippen LogP contribution in [0.15, 0.2) is 52.1 Å². The fourth-order valence-electron chi connectivity index (χ4n) is 3.54. The zero-order valence-electron chi connectivity index (χ0n) is 17.4. The summed E-state index contributed by atoms with van der Waals surface area (Å²) in [5.41, 5.74) is 2.52. The minimum absolute atomic E-state index is 0. The van der Waals surface area contributed by atoms with Crippen LogP contribution in [0.3, 0.4) is 0 Å². The van der Waals surface area contributed by atoms with Crippen LogP contribution in [0.4, 0.5) is 0 Å². The molecule has 0 spiro atoms. The van der Waals surface area contributed by atoms with Gasteiger partial charge in [0.1, 0.15) is 5.76 Å². The van der Waals surface area contributed by atoms with E-state index in [0.29, 0.717) is 6.54 Å². The Morgan fingerprint density at radius 2 is 1.90 bits per heavy atom. The van der Waals surface area contributed by atoms with E-state index >= 15 is 0 Å². The van der Waals surface area contributed by atoms with Gasteiger partial charge in [0.25, 0.3) is 0 Å². The van der Waals surface area contributed by atoms with Crippen molar-refractivity contribution in [2.24, 2.45) is 4.99 Å². The number of rotatable bonds is 7. The number of hydrogen-bond acceptors (Lipinski definition) is 4. The first-order valence-corrected chi connectivity index (χ1v) is 10.1. The Hall–Kier alpha value is -1.58. The highest BCUT2D eigenvalue weighted by molar-refractivity contribution is 14.0. The van der Waals surface area contributed by atoms with Crippen LogP contribution < -0.4 is 5.32 Å². The predicted molar refractivity (Wildman–Crippen MR) is 127 cm³/mol. The van der Waals surface area contributed by atoms with E-state index in [0.717, 1.165) is 57.3 Å². The number of guanidine groups is 1. The average Bonchev–Trinajstić information content (AvgIpc) is 3.20. The largest absolute Gasteiger partial charge is 0.468 e. The first-order valence-electron chi connectivity index (χ1n) is 10.1. The van der Waals surface area contributed by atoms with Crippen molar-refractivity contribution in [2.45, 2.75) is 45.5 Å². The Kier molecular flexibility index (Phi) is 9.96. The molecule has 1 aliphatic rings. The Labute approximate surface area is 191 Å². The molecule has 6 nitrogen and oxygen atoms in total. The lowest BCUT2D eigenvalue weighted by Crippen LogP contribution is -2.46. The molecule has 1 saturated heterocycles. The van der Waals surface area contributed by atoms with Gasteiger partial charge in [-0.05, 0) is 50.1 Å². The predicted octanol–water partition coefficient (Wildman–Crippen LogP) is 3.45. The topological polar surface area (TPSA) is 64.2 Å². The summed E-state index contributed by atoms with van der Waals surface area (Å²) in [6.07, 6.45) is 3.15. The number of likely N-dealkylation sites (tertiary alicyclic amines) is 1. The Bertz CT molecular complexity index is 743. The van der Waals surface area contributed by atoms with Crippen LogP contribution in [-0.4, -0.2) is 53.7 Å². The van der Waals surface area contributed by atoms with Crippen molar-refractivity contribution in [1.82, 2.24) is 15.1 Å². The minimum atomic E-state index is -0.176. The number of aliphatic hydroxyl groups is 1. The van der Waals surface area contributed by atoms with E-state index in [-0.39, 0.29) is 30.1 Å². The third-order valence-corrected chi connectivity index (χ3v) is 5.06. The second-order valence-corrected chi connectivity index (χ2v) is 7.41. The SMILES string of the molecule is CCNC(=NCc1ccccc1CN(C)Cc1ccco1)N1CCC(O)CC1.I. The summed E-state index contributed by atoms with van der Waals surface area (Å²) >= 11 is 0. The van der Waals surface area contributed by atoms with E-state index in [1.54, 1.807) is 6.26 Å². The van der Waals surface area contributed by atoms with Crippen LogP contribution in [0.5, 0.6) is 0 Å². The quantitative estimate of drug-likeness (QED) is 0.338. The van der Waals surface area contributed by atoms with Gasteiger partial charge < -0.3 is 19.7 Å². The van der Waals surface area contributed by atoms with E-state index in [4.69, 9.17) is 9.41 Å². The Morgan fingerprint density at radius 3 is 2.55 bits per heavy atom. The third-order valence-electron chi connectivity index (χ3n) is 5.06. The van der Waals surface area contributed by atoms with Crippen molar-refractivity contribution in [3.63, 3.8) is 0 Å². The molecular weight excluding hydrogens is 479 g/mol. The molecule has 1 aromatic heterocycles. The fraction of sp³-hybridized carbons (Fsp3) is 0.500. The average molecular weight is 512 g/mol. The molecule has 160 valence electrons. The maximum absolute atomic E-state index is 9.76. The standard InChI is InChI=1S/C22H32N4O2.HI/c1-3-23-22(26-12-10-20(27)11-13-26)24-15-18-7-4-5-8-19(18)16-25(2)17-21-9-6-14-28-21;/h4-9,14,20,27H,3,10-13,15-17H2,1-2H3,(H,23,24);1H. The molecular formula is C22H33IN4O2. The maximum Gasteiger partial charge on any atom is 0.194 e. The molecule has 7 heteroatoms. The summed E-state index contributed by atoms with van der Waals surface area (Å²) in [5.74, 6) is 1.91. The smallest absolute Gasteiger partial charge is 0.194 e. The molecule has 0 amide bonds. The van der Waals surface area contributed by atoms with Crippen LogP contribution in [-0.2, 0) is 19.6 Å². The lowest BCUT2D eigenvalue weighted by atomic mass is 10.1. The molecule has 1 fully saturated rings. The highest BCUT2D eigenvalue weighted by Gasteiger charge is 2.19. The van der Waals surface area contributed by atoms with Crippen LogP contribution in [0.2, 0.25) is 0 Å². The van der Waals surface area contributed by atoms with E-state index in [1.165, 1.54) is 11.1 Å². The summed E-state index contributed by atoms with van der Waals surface area (Å²) in [6, 6.07) is 12.4. The van der Waals surface area contributed by atoms with Gasteiger partial charge in [-0.15, -0.1) is 24.0 Å². The minimum Gasteiger partial charge on any atom is -0.468 e. The molecule has 1 aliphatic heterocycles. The monoisotopic (exact) mass is 512 g/mol. The highest BCUT2D eigenvalue weighted by atomic mass is 127. The zero-order chi connectivity index (χ0) is 19.8. The number of benzene rings is 1. The number of nitrogens with one attached hydrogen (secondary N) is 1. The molecule has 3 rings (SSSR count). The number of hydrogen-bond donors (Lipinski definition) is 2. The van der Waals surface area contributed by atoms with E-state index in [9.17, 15) is 5.11 Å². The number of piperidine rings is 1. The molecule has 0 unspecified atom stereocenters. The molecule has 2 N–H and O–H groups in total. The molecule has 29 heavy (non-hydrogen) atoms. The Balaban J connectivity index is 0.00000300. The summed E-state index contributed by atoms with van der Waals surface area (Å²) in [6.45, 7) is 6.90. The first kappa shape index (κ1) is 23.7. The molecule has 0 saturated carbocycles. The molecule has 0 radical (unpaired) electrons. The third kappa shape index (κ3) is 7.31. The van der Waals surface area contributed by atoms with Gasteiger partial charge in [-0.1, -0.05) is 24.3 Å². The van der Waals surface area contributed by atoms with Gasteiger partial charge in [-0.2, -0.15) is 0 Å². The van der Waals surface area contributed by atoms with Crippen molar-refractivity contribution < 1.29 is 9.52 Å². The van der Waals surface area contributed by atoms with Crippen LogP contribution >= 0.6 is 24.0 Å². The van der Waals surface area contributed by atoms with Gasteiger partial charge in [0.15, 0.2) is 5.96 Å². The highest BCUT2D eigenvalue weighted by Crippen LogP contribution is 2.15. The molecule has 0 aliphatic carbocycles. The van der Waals surface area contributed by atoms with Crippen molar-refractivity contribution in [1.29, 1.82) is 0 Å². The second-order valence-electron chi connectivity index (χ2n) is 7.41. The fourth-order valence-corrected chi connectivity index (χ4v) is 3.54. The molecule has 0 atom stereocenters. The molecule has 2 aromatic rings. The molecule has 1 aromatic carbocycles.